The van der Waals surface area contributed by atoms with E-state index >= 15 is 0 Å². The van der Waals surface area contributed by atoms with Crippen molar-refractivity contribution in [1.82, 2.24) is 14.8 Å². The largest absolute Gasteiger partial charge is 0.481 e. The van der Waals surface area contributed by atoms with Gasteiger partial charge in [0.2, 0.25) is 0 Å². The number of hydrogen-bond donors (Lipinski definition) is 1. The standard InChI is InChI=1S/C12H11Cl2N3O2S/c1-2-17-11(8-4-3-7(13)5-9(8)14)15-16-12(17)20-6-10(18)19/h3-5H,2,6H2,1H3,(H,18,19). The summed E-state index contributed by atoms with van der Waals surface area (Å²) in [5.74, 6) is -0.360. The first-order valence-corrected chi connectivity index (χ1v) is 7.50. The highest BCUT2D eigenvalue weighted by Crippen LogP contribution is 2.31. The smallest absolute Gasteiger partial charge is 0.313 e. The van der Waals surface area contributed by atoms with Crippen molar-refractivity contribution in [3.8, 4) is 11.4 Å². The zero-order chi connectivity index (χ0) is 14.7. The molecule has 1 heterocycles. The van der Waals surface area contributed by atoms with Gasteiger partial charge in [-0.05, 0) is 25.1 Å². The maximum absolute atomic E-state index is 10.6. The second kappa shape index (κ2) is 6.47. The molecule has 0 saturated heterocycles. The van der Waals surface area contributed by atoms with Crippen LogP contribution < -0.4 is 0 Å². The molecule has 2 rings (SSSR count). The van der Waals surface area contributed by atoms with Gasteiger partial charge < -0.3 is 9.67 Å². The van der Waals surface area contributed by atoms with Gasteiger partial charge in [0.15, 0.2) is 11.0 Å². The monoisotopic (exact) mass is 331 g/mol. The molecule has 0 aliphatic carbocycles. The molecule has 0 aliphatic rings. The van der Waals surface area contributed by atoms with Crippen LogP contribution in [-0.2, 0) is 11.3 Å². The highest BCUT2D eigenvalue weighted by atomic mass is 35.5. The van der Waals surface area contributed by atoms with Crippen LogP contribution in [0.2, 0.25) is 10.0 Å². The van der Waals surface area contributed by atoms with Crippen LogP contribution in [0.1, 0.15) is 6.92 Å². The van der Waals surface area contributed by atoms with Crippen LogP contribution in [0, 0.1) is 0 Å². The van der Waals surface area contributed by atoms with Gasteiger partial charge in [-0.3, -0.25) is 4.79 Å². The van der Waals surface area contributed by atoms with Gasteiger partial charge in [-0.15, -0.1) is 10.2 Å². The van der Waals surface area contributed by atoms with Crippen molar-refractivity contribution in [3.05, 3.63) is 28.2 Å². The molecule has 0 bridgehead atoms. The number of carbonyl (C=O) groups is 1. The third kappa shape index (κ3) is 3.26. The summed E-state index contributed by atoms with van der Waals surface area (Å²) in [6.45, 7) is 2.55. The number of rotatable bonds is 5. The normalized spacial score (nSPS) is 10.8. The molecule has 0 spiro atoms. The molecule has 0 aliphatic heterocycles. The summed E-state index contributed by atoms with van der Waals surface area (Å²) in [5.41, 5.74) is 0.715. The van der Waals surface area contributed by atoms with Crippen LogP contribution in [0.5, 0.6) is 0 Å². The Balaban J connectivity index is 2.39. The van der Waals surface area contributed by atoms with Gasteiger partial charge in [0.05, 0.1) is 10.8 Å². The molecule has 1 N–H and O–H groups in total. The van der Waals surface area contributed by atoms with E-state index in [2.05, 4.69) is 10.2 Å². The number of aromatic nitrogens is 3. The number of carboxylic acid groups (broad SMARTS) is 1. The Morgan fingerprint density at radius 1 is 1.40 bits per heavy atom. The second-order valence-corrected chi connectivity index (χ2v) is 5.64. The SMILES string of the molecule is CCn1c(SCC(=O)O)nnc1-c1ccc(Cl)cc1Cl. The summed E-state index contributed by atoms with van der Waals surface area (Å²) in [7, 11) is 0. The average molecular weight is 332 g/mol. The summed E-state index contributed by atoms with van der Waals surface area (Å²) < 4.78 is 1.82. The Kier molecular flexibility index (Phi) is 4.91. The zero-order valence-electron chi connectivity index (χ0n) is 10.5. The third-order valence-electron chi connectivity index (χ3n) is 2.53. The molecule has 106 valence electrons. The fourth-order valence-electron chi connectivity index (χ4n) is 1.68. The van der Waals surface area contributed by atoms with Gasteiger partial charge in [-0.25, -0.2) is 0 Å². The zero-order valence-corrected chi connectivity index (χ0v) is 12.8. The van der Waals surface area contributed by atoms with Crippen LogP contribution in [0.3, 0.4) is 0 Å². The lowest BCUT2D eigenvalue weighted by molar-refractivity contribution is -0.133. The molecule has 0 fully saturated rings. The maximum Gasteiger partial charge on any atom is 0.313 e. The molecule has 1 aromatic heterocycles. The number of hydrogen-bond acceptors (Lipinski definition) is 4. The lowest BCUT2D eigenvalue weighted by Crippen LogP contribution is -2.03. The highest BCUT2D eigenvalue weighted by Gasteiger charge is 2.16. The van der Waals surface area contributed by atoms with Crippen molar-refractivity contribution < 1.29 is 9.90 Å². The van der Waals surface area contributed by atoms with E-state index in [0.29, 0.717) is 33.1 Å². The van der Waals surface area contributed by atoms with Crippen molar-refractivity contribution in [2.75, 3.05) is 5.75 Å². The molecule has 20 heavy (non-hydrogen) atoms. The minimum absolute atomic E-state index is 0.0630. The Morgan fingerprint density at radius 3 is 2.75 bits per heavy atom. The number of nitrogens with zero attached hydrogens (tertiary/aromatic N) is 3. The van der Waals surface area contributed by atoms with Gasteiger partial charge in [0.25, 0.3) is 0 Å². The second-order valence-electron chi connectivity index (χ2n) is 3.86. The first kappa shape index (κ1) is 15.2. The van der Waals surface area contributed by atoms with Crippen LogP contribution in [0.15, 0.2) is 23.4 Å². The first-order chi connectivity index (χ1) is 9.52. The Morgan fingerprint density at radius 2 is 2.15 bits per heavy atom. The third-order valence-corrected chi connectivity index (χ3v) is 4.03. The number of benzene rings is 1. The quantitative estimate of drug-likeness (QED) is 0.850. The molecule has 8 heteroatoms. The van der Waals surface area contributed by atoms with E-state index in [9.17, 15) is 4.79 Å². The van der Waals surface area contributed by atoms with Crippen molar-refractivity contribution in [2.24, 2.45) is 0 Å². The summed E-state index contributed by atoms with van der Waals surface area (Å²) in [5, 5.41) is 18.4. The van der Waals surface area contributed by atoms with Crippen molar-refractivity contribution >= 4 is 40.9 Å². The molecule has 0 atom stereocenters. The number of carboxylic acids is 1. The molecular weight excluding hydrogens is 321 g/mol. The predicted molar refractivity (Wildman–Crippen MR) is 79.5 cm³/mol. The van der Waals surface area contributed by atoms with Crippen molar-refractivity contribution in [2.45, 2.75) is 18.6 Å². The van der Waals surface area contributed by atoms with E-state index in [0.717, 1.165) is 11.8 Å². The molecule has 0 amide bonds. The van der Waals surface area contributed by atoms with Crippen LogP contribution in [0.4, 0.5) is 0 Å². The van der Waals surface area contributed by atoms with Gasteiger partial charge in [-0.2, -0.15) is 0 Å². The molecule has 0 saturated carbocycles. The minimum atomic E-state index is -0.897. The highest BCUT2D eigenvalue weighted by molar-refractivity contribution is 7.99. The van der Waals surface area contributed by atoms with Gasteiger partial charge >= 0.3 is 5.97 Å². The van der Waals surface area contributed by atoms with Gasteiger partial charge in [-0.1, -0.05) is 35.0 Å². The molecule has 0 unspecified atom stereocenters. The minimum Gasteiger partial charge on any atom is -0.481 e. The van der Waals surface area contributed by atoms with E-state index in [-0.39, 0.29) is 5.75 Å². The van der Waals surface area contributed by atoms with E-state index in [1.165, 1.54) is 0 Å². The van der Waals surface area contributed by atoms with Crippen LogP contribution in [0.25, 0.3) is 11.4 Å². The van der Waals surface area contributed by atoms with Crippen LogP contribution >= 0.6 is 35.0 Å². The van der Waals surface area contributed by atoms with Gasteiger partial charge in [0, 0.05) is 17.1 Å². The summed E-state index contributed by atoms with van der Waals surface area (Å²) in [6.07, 6.45) is 0. The fraction of sp³-hybridized carbons (Fsp3) is 0.250. The van der Waals surface area contributed by atoms with E-state index in [1.54, 1.807) is 18.2 Å². The number of aliphatic carboxylic acids is 1. The van der Waals surface area contributed by atoms with E-state index in [1.807, 2.05) is 11.5 Å². The predicted octanol–water partition coefficient (Wildman–Crippen LogP) is 3.45. The van der Waals surface area contributed by atoms with Crippen molar-refractivity contribution in [3.63, 3.8) is 0 Å². The topological polar surface area (TPSA) is 68.0 Å². The summed E-state index contributed by atoms with van der Waals surface area (Å²) >= 11 is 13.2. The lowest BCUT2D eigenvalue weighted by atomic mass is 10.2. The molecular formula is C12H11Cl2N3O2S. The maximum atomic E-state index is 10.6. The summed E-state index contributed by atoms with van der Waals surface area (Å²) in [4.78, 5) is 10.6. The lowest BCUT2D eigenvalue weighted by Gasteiger charge is -2.08. The Hall–Kier alpha value is -1.24. The average Bonchev–Trinajstić information content (AvgIpc) is 2.79. The molecule has 1 aromatic carbocycles. The molecule has 5 nitrogen and oxygen atoms in total. The number of thioether (sulfide) groups is 1. The number of halogens is 2. The Bertz CT molecular complexity index is 646. The van der Waals surface area contributed by atoms with Crippen LogP contribution in [-0.4, -0.2) is 31.6 Å². The van der Waals surface area contributed by atoms with Crippen molar-refractivity contribution in [1.29, 1.82) is 0 Å². The van der Waals surface area contributed by atoms with E-state index < -0.39 is 5.97 Å². The molecule has 2 aromatic rings. The summed E-state index contributed by atoms with van der Waals surface area (Å²) in [6, 6.07) is 5.13. The first-order valence-electron chi connectivity index (χ1n) is 5.76. The fourth-order valence-corrected chi connectivity index (χ4v) is 2.89. The van der Waals surface area contributed by atoms with E-state index in [4.69, 9.17) is 28.3 Å². The van der Waals surface area contributed by atoms with Gasteiger partial charge in [0.1, 0.15) is 0 Å². The molecule has 0 radical (unpaired) electrons. The Labute approximate surface area is 129 Å².